The maximum Gasteiger partial charge on any atom is 0.224 e. The largest absolute Gasteiger partial charge is 0.507 e. The number of nitrogens with two attached hydrogens (primary N) is 1. The van der Waals surface area contributed by atoms with Crippen LogP contribution in [-0.4, -0.2) is 88.7 Å². The predicted octanol–water partition coefficient (Wildman–Crippen LogP) is 0.374. The Labute approximate surface area is 223 Å². The number of benzene rings is 1. The lowest BCUT2D eigenvalue weighted by Gasteiger charge is -2.37. The van der Waals surface area contributed by atoms with Gasteiger partial charge in [0.15, 0.2) is 11.6 Å². The number of hydrogen-bond donors (Lipinski definition) is 5. The van der Waals surface area contributed by atoms with Gasteiger partial charge in [0, 0.05) is 51.5 Å². The first kappa shape index (κ1) is 31.2. The summed E-state index contributed by atoms with van der Waals surface area (Å²) in [5, 5.41) is 41.6. The van der Waals surface area contributed by atoms with Crippen LogP contribution >= 0.6 is 0 Å². The summed E-state index contributed by atoms with van der Waals surface area (Å²) in [7, 11) is 3.61. The number of aromatic hydroxyl groups is 1. The number of amides is 2. The Bertz CT molecular complexity index is 1040. The molecule has 11 nitrogen and oxygen atoms in total. The monoisotopic (exact) mass is 535 g/mol. The lowest BCUT2D eigenvalue weighted by molar-refractivity contribution is -0.153. The zero-order valence-electron chi connectivity index (χ0n) is 22.6. The molecule has 11 heteroatoms. The second kappa shape index (κ2) is 13.2. The minimum Gasteiger partial charge on any atom is -0.507 e. The average molecular weight is 536 g/mol. The molecule has 0 saturated heterocycles. The van der Waals surface area contributed by atoms with Crippen LogP contribution in [0.5, 0.6) is 5.75 Å². The van der Waals surface area contributed by atoms with Crippen molar-refractivity contribution >= 4 is 29.6 Å². The summed E-state index contributed by atoms with van der Waals surface area (Å²) in [6.07, 6.45) is 0.362. The van der Waals surface area contributed by atoms with Gasteiger partial charge in [0.2, 0.25) is 12.3 Å². The molecule has 0 bridgehead atoms. The number of Topliss-reactive ketones (excluding diaryl/α,β-unsaturated/α-hetero) is 2. The van der Waals surface area contributed by atoms with Crippen LogP contribution in [0.3, 0.4) is 0 Å². The van der Waals surface area contributed by atoms with Gasteiger partial charge in [-0.05, 0) is 48.6 Å². The van der Waals surface area contributed by atoms with Crippen LogP contribution < -0.4 is 10.6 Å². The Morgan fingerprint density at radius 2 is 1.89 bits per heavy atom. The van der Waals surface area contributed by atoms with Gasteiger partial charge >= 0.3 is 0 Å². The number of carbonyl (C=O) groups is 4. The molecule has 38 heavy (non-hydrogen) atoms. The number of phenols is 1. The smallest absolute Gasteiger partial charge is 0.224 e. The summed E-state index contributed by atoms with van der Waals surface area (Å²) < 4.78 is 0. The fourth-order valence-electron chi connectivity index (χ4n) is 5.37. The molecular weight excluding hydrogens is 494 g/mol. The highest BCUT2D eigenvalue weighted by Gasteiger charge is 2.45. The molecular formula is C27H41N3O8. The normalized spacial score (nSPS) is 17.5. The van der Waals surface area contributed by atoms with Crippen LogP contribution in [0.15, 0.2) is 6.07 Å². The fourth-order valence-corrected chi connectivity index (χ4v) is 5.37. The number of phenolic OH excluding ortho intramolecular Hbond substituents is 1. The maximum atomic E-state index is 13.4. The van der Waals surface area contributed by atoms with Gasteiger partial charge < -0.3 is 36.0 Å². The Morgan fingerprint density at radius 3 is 2.39 bits per heavy atom. The molecule has 0 fully saturated rings. The SMILES string of the molecule is CC(C)CN(C=O)Cc1cc(N(C)C)c2c(c1O)C(=O)C[C@H](C[C@@H](CCO)[C@](O)(CO)C(=O)CC(N)=O)C2. The molecule has 0 aliphatic heterocycles. The van der Waals surface area contributed by atoms with E-state index in [2.05, 4.69) is 0 Å². The van der Waals surface area contributed by atoms with Crippen LogP contribution in [0.25, 0.3) is 0 Å². The molecule has 6 N–H and O–H groups in total. The van der Waals surface area contributed by atoms with E-state index in [4.69, 9.17) is 5.73 Å². The summed E-state index contributed by atoms with van der Waals surface area (Å²) >= 11 is 0. The lowest BCUT2D eigenvalue weighted by atomic mass is 9.71. The van der Waals surface area contributed by atoms with Gasteiger partial charge in [-0.25, -0.2) is 0 Å². The lowest BCUT2D eigenvalue weighted by Crippen LogP contribution is -2.51. The molecule has 212 valence electrons. The van der Waals surface area contributed by atoms with Crippen molar-refractivity contribution < 1.29 is 39.6 Å². The van der Waals surface area contributed by atoms with Gasteiger partial charge in [-0.1, -0.05) is 13.8 Å². The van der Waals surface area contributed by atoms with Crippen LogP contribution in [0.2, 0.25) is 0 Å². The molecule has 0 heterocycles. The van der Waals surface area contributed by atoms with Gasteiger partial charge in [0.25, 0.3) is 0 Å². The number of aliphatic hydroxyl groups is 3. The second-order valence-electron chi connectivity index (χ2n) is 10.9. The average Bonchev–Trinajstić information content (AvgIpc) is 2.83. The number of nitrogens with zero attached hydrogens (tertiary/aromatic N) is 2. The van der Waals surface area contributed by atoms with Gasteiger partial charge in [0.05, 0.1) is 18.6 Å². The Balaban J connectivity index is 2.45. The van der Waals surface area contributed by atoms with E-state index in [0.717, 1.165) is 6.41 Å². The molecule has 0 saturated carbocycles. The predicted molar refractivity (Wildman–Crippen MR) is 141 cm³/mol. The highest BCUT2D eigenvalue weighted by Crippen LogP contribution is 2.43. The molecule has 3 atom stereocenters. The van der Waals surface area contributed by atoms with Crippen molar-refractivity contribution in [2.45, 2.75) is 58.1 Å². The zero-order chi connectivity index (χ0) is 28.8. The number of primary amides is 1. The molecule has 0 spiro atoms. The summed E-state index contributed by atoms with van der Waals surface area (Å²) in [5.74, 6) is -3.46. The van der Waals surface area contributed by atoms with E-state index < -0.39 is 36.2 Å². The number of hydrogen-bond acceptors (Lipinski definition) is 9. The van der Waals surface area contributed by atoms with Crippen molar-refractivity contribution in [1.82, 2.24) is 4.90 Å². The molecule has 0 aromatic heterocycles. The van der Waals surface area contributed by atoms with E-state index in [0.29, 0.717) is 29.8 Å². The standard InChI is InChI=1S/C27H41N3O8/c1-16(2)12-30(15-33)13-18-10-21(29(3)4)20-8-17(9-22(34)25(20)26(18)37)7-19(5-6-31)27(38,14-32)23(35)11-24(28)36/h10,15-17,19,31-32,37-38H,5-9,11-14H2,1-4H3,(H2,28,36)/t17-,19-,27-/m1/s1. The summed E-state index contributed by atoms with van der Waals surface area (Å²) in [6.45, 7) is 3.23. The van der Waals surface area contributed by atoms with Gasteiger partial charge in [0.1, 0.15) is 11.4 Å². The second-order valence-corrected chi connectivity index (χ2v) is 10.9. The van der Waals surface area contributed by atoms with E-state index in [1.165, 1.54) is 0 Å². The highest BCUT2D eigenvalue weighted by atomic mass is 16.3. The van der Waals surface area contributed by atoms with E-state index in [1.54, 1.807) is 25.1 Å². The molecule has 1 aliphatic rings. The first-order valence-electron chi connectivity index (χ1n) is 12.8. The molecule has 1 aliphatic carbocycles. The van der Waals surface area contributed by atoms with Crippen LogP contribution in [0.1, 0.15) is 61.0 Å². The van der Waals surface area contributed by atoms with Crippen molar-refractivity contribution in [3.05, 3.63) is 22.8 Å². The van der Waals surface area contributed by atoms with Crippen LogP contribution in [-0.2, 0) is 27.3 Å². The van der Waals surface area contributed by atoms with E-state index in [-0.39, 0.29) is 61.3 Å². The van der Waals surface area contributed by atoms with Gasteiger partial charge in [-0.2, -0.15) is 0 Å². The first-order valence-corrected chi connectivity index (χ1v) is 12.8. The minimum absolute atomic E-state index is 0.00766. The Hall–Kier alpha value is -3.02. The molecule has 1 aromatic rings. The number of ketones is 2. The summed E-state index contributed by atoms with van der Waals surface area (Å²) in [5.41, 5.74) is 4.77. The first-order chi connectivity index (χ1) is 17.8. The Morgan fingerprint density at radius 1 is 1.24 bits per heavy atom. The topological polar surface area (TPSA) is 182 Å². The number of aliphatic hydroxyl groups excluding tert-OH is 2. The summed E-state index contributed by atoms with van der Waals surface area (Å²) in [4.78, 5) is 52.2. The third kappa shape index (κ3) is 7.09. The van der Waals surface area contributed by atoms with Crippen LogP contribution in [0, 0.1) is 17.8 Å². The van der Waals surface area contributed by atoms with Crippen molar-refractivity contribution in [3.8, 4) is 5.75 Å². The molecule has 0 unspecified atom stereocenters. The Kier molecular flexibility index (Phi) is 10.8. The molecule has 2 amide bonds. The quantitative estimate of drug-likeness (QED) is 0.157. The molecule has 0 radical (unpaired) electrons. The van der Waals surface area contributed by atoms with Crippen molar-refractivity contribution in [3.63, 3.8) is 0 Å². The summed E-state index contributed by atoms with van der Waals surface area (Å²) in [6, 6.07) is 1.76. The molecule has 2 rings (SSSR count). The van der Waals surface area contributed by atoms with E-state index >= 15 is 0 Å². The number of fused-ring (bicyclic) bond motifs is 1. The van der Waals surface area contributed by atoms with Gasteiger partial charge in [-0.3, -0.25) is 19.2 Å². The molecule has 1 aromatic carbocycles. The third-order valence-electron chi connectivity index (χ3n) is 7.14. The van der Waals surface area contributed by atoms with Crippen LogP contribution in [0.4, 0.5) is 5.69 Å². The van der Waals surface area contributed by atoms with Crippen molar-refractivity contribution in [2.24, 2.45) is 23.5 Å². The third-order valence-corrected chi connectivity index (χ3v) is 7.14. The number of rotatable bonds is 15. The van der Waals surface area contributed by atoms with Gasteiger partial charge in [-0.15, -0.1) is 0 Å². The fraction of sp³-hybridized carbons (Fsp3) is 0.630. The maximum absolute atomic E-state index is 13.4. The number of anilines is 1. The zero-order valence-corrected chi connectivity index (χ0v) is 22.6. The van der Waals surface area contributed by atoms with E-state index in [9.17, 15) is 39.6 Å². The minimum atomic E-state index is -2.30. The van der Waals surface area contributed by atoms with Crippen molar-refractivity contribution in [1.29, 1.82) is 0 Å². The van der Waals surface area contributed by atoms with E-state index in [1.807, 2.05) is 18.7 Å². The number of carbonyl (C=O) groups excluding carboxylic acids is 4. The van der Waals surface area contributed by atoms with Crippen molar-refractivity contribution in [2.75, 3.05) is 38.8 Å². The highest BCUT2D eigenvalue weighted by molar-refractivity contribution is 6.03.